The first-order valence-electron chi connectivity index (χ1n) is 10.5. The number of aryl methyl sites for hydroxylation is 1. The van der Waals surface area contributed by atoms with Gasteiger partial charge in [-0.3, -0.25) is 4.98 Å². The van der Waals surface area contributed by atoms with Crippen LogP contribution in [0.4, 0.5) is 26.3 Å². The molecule has 3 aromatic rings. The fourth-order valence-electron chi connectivity index (χ4n) is 4.34. The Bertz CT molecular complexity index is 1080. The summed E-state index contributed by atoms with van der Waals surface area (Å²) in [6.07, 6.45) is -8.39. The van der Waals surface area contributed by atoms with Gasteiger partial charge in [0.05, 0.1) is 23.3 Å². The van der Waals surface area contributed by atoms with Crippen molar-refractivity contribution >= 4 is 0 Å². The third kappa shape index (κ3) is 5.05. The van der Waals surface area contributed by atoms with Crippen molar-refractivity contribution < 1.29 is 31.1 Å². The maximum Gasteiger partial charge on any atom is 0.416 e. The molecule has 174 valence electrons. The second-order valence-electron chi connectivity index (χ2n) is 8.12. The summed E-state index contributed by atoms with van der Waals surface area (Å²) >= 11 is 0. The van der Waals surface area contributed by atoms with Crippen LogP contribution < -0.4 is 0 Å². The molecule has 0 amide bonds. The van der Waals surface area contributed by atoms with Gasteiger partial charge in [-0.1, -0.05) is 36.4 Å². The van der Waals surface area contributed by atoms with Gasteiger partial charge in [-0.2, -0.15) is 26.3 Å². The highest BCUT2D eigenvalue weighted by atomic mass is 19.4. The maximum atomic E-state index is 13.3. The SMILES string of the molecule is CC(O[C@H]1CCc2ncccc2[C@@H]1c1ccccc1)c1cc(C(F)(F)F)cc(C(F)(F)F)c1. The van der Waals surface area contributed by atoms with E-state index in [9.17, 15) is 26.3 Å². The summed E-state index contributed by atoms with van der Waals surface area (Å²) in [5.41, 5.74) is -0.0461. The Morgan fingerprint density at radius 2 is 1.52 bits per heavy atom. The molecule has 0 radical (unpaired) electrons. The Morgan fingerprint density at radius 1 is 0.879 bits per heavy atom. The van der Waals surface area contributed by atoms with E-state index in [-0.39, 0.29) is 17.5 Å². The number of fused-ring (bicyclic) bond motifs is 1. The predicted molar refractivity (Wildman–Crippen MR) is 111 cm³/mol. The van der Waals surface area contributed by atoms with Crippen LogP contribution in [-0.4, -0.2) is 11.1 Å². The van der Waals surface area contributed by atoms with E-state index in [2.05, 4.69) is 4.98 Å². The molecule has 2 nitrogen and oxygen atoms in total. The average Bonchev–Trinajstić information content (AvgIpc) is 2.78. The van der Waals surface area contributed by atoms with E-state index in [4.69, 9.17) is 4.74 Å². The fraction of sp³-hybridized carbons (Fsp3) is 0.320. The van der Waals surface area contributed by atoms with Crippen molar-refractivity contribution in [1.29, 1.82) is 0 Å². The molecule has 3 atom stereocenters. The first kappa shape index (κ1) is 23.3. The Kier molecular flexibility index (Phi) is 6.22. The van der Waals surface area contributed by atoms with Crippen LogP contribution in [0.5, 0.6) is 0 Å². The van der Waals surface area contributed by atoms with Crippen molar-refractivity contribution in [2.75, 3.05) is 0 Å². The summed E-state index contributed by atoms with van der Waals surface area (Å²) in [7, 11) is 0. The Balaban J connectivity index is 1.70. The van der Waals surface area contributed by atoms with E-state index in [1.165, 1.54) is 6.92 Å². The van der Waals surface area contributed by atoms with Crippen LogP contribution in [0.2, 0.25) is 0 Å². The molecule has 8 heteroatoms. The summed E-state index contributed by atoms with van der Waals surface area (Å²) in [5, 5.41) is 0. The molecular weight excluding hydrogens is 444 g/mol. The lowest BCUT2D eigenvalue weighted by atomic mass is 9.78. The summed E-state index contributed by atoms with van der Waals surface area (Å²) in [6, 6.07) is 14.8. The molecule has 0 saturated heterocycles. The highest BCUT2D eigenvalue weighted by Crippen LogP contribution is 2.42. The van der Waals surface area contributed by atoms with Gasteiger partial charge in [0.25, 0.3) is 0 Å². The number of rotatable bonds is 4. The summed E-state index contributed by atoms with van der Waals surface area (Å²) in [4.78, 5) is 4.44. The zero-order valence-corrected chi connectivity index (χ0v) is 17.6. The van der Waals surface area contributed by atoms with Crippen LogP contribution in [0.25, 0.3) is 0 Å². The lowest BCUT2D eigenvalue weighted by molar-refractivity contribution is -0.143. The van der Waals surface area contributed by atoms with Gasteiger partial charge >= 0.3 is 12.4 Å². The highest BCUT2D eigenvalue weighted by molar-refractivity contribution is 5.39. The first-order valence-corrected chi connectivity index (χ1v) is 10.5. The third-order valence-corrected chi connectivity index (χ3v) is 5.91. The number of aromatic nitrogens is 1. The van der Waals surface area contributed by atoms with Gasteiger partial charge in [-0.05, 0) is 60.7 Å². The number of ether oxygens (including phenoxy) is 1. The number of alkyl halides is 6. The molecule has 0 aliphatic heterocycles. The molecule has 1 heterocycles. The molecule has 1 aromatic heterocycles. The van der Waals surface area contributed by atoms with Crippen LogP contribution >= 0.6 is 0 Å². The van der Waals surface area contributed by atoms with Gasteiger partial charge in [0.1, 0.15) is 0 Å². The second-order valence-corrected chi connectivity index (χ2v) is 8.12. The lowest BCUT2D eigenvalue weighted by Gasteiger charge is -2.35. The van der Waals surface area contributed by atoms with Crippen LogP contribution in [0, 0.1) is 0 Å². The van der Waals surface area contributed by atoms with Gasteiger partial charge in [0.15, 0.2) is 0 Å². The van der Waals surface area contributed by atoms with Crippen LogP contribution in [0.3, 0.4) is 0 Å². The van der Waals surface area contributed by atoms with Gasteiger partial charge in [-0.25, -0.2) is 0 Å². The van der Waals surface area contributed by atoms with Crippen molar-refractivity contribution in [3.05, 3.63) is 100 Å². The smallest absolute Gasteiger partial charge is 0.370 e. The zero-order valence-electron chi connectivity index (χ0n) is 17.6. The second kappa shape index (κ2) is 8.82. The molecule has 1 unspecified atom stereocenters. The number of hydrogen-bond donors (Lipinski definition) is 0. The Hall–Kier alpha value is -2.87. The molecule has 0 fully saturated rings. The normalized spacial score (nSPS) is 19.7. The number of halogens is 6. The monoisotopic (exact) mass is 465 g/mol. The van der Waals surface area contributed by atoms with Crippen LogP contribution in [0.1, 0.15) is 58.9 Å². The molecule has 4 rings (SSSR count). The van der Waals surface area contributed by atoms with Gasteiger partial charge in [0.2, 0.25) is 0 Å². The molecule has 1 aliphatic rings. The molecular formula is C25H21F6NO. The van der Waals surface area contributed by atoms with Crippen LogP contribution in [-0.2, 0) is 23.5 Å². The quantitative estimate of drug-likeness (QED) is 0.376. The summed E-state index contributed by atoms with van der Waals surface area (Å²) in [6.45, 7) is 1.48. The van der Waals surface area contributed by atoms with Gasteiger partial charge in [0, 0.05) is 17.8 Å². The molecule has 33 heavy (non-hydrogen) atoms. The van der Waals surface area contributed by atoms with Gasteiger partial charge < -0.3 is 4.74 Å². The lowest BCUT2D eigenvalue weighted by Crippen LogP contribution is -2.30. The van der Waals surface area contributed by atoms with Crippen molar-refractivity contribution in [2.45, 2.75) is 50.2 Å². The zero-order chi connectivity index (χ0) is 23.8. The van der Waals surface area contributed by atoms with E-state index in [1.54, 1.807) is 6.20 Å². The van der Waals surface area contributed by atoms with Crippen molar-refractivity contribution in [1.82, 2.24) is 4.98 Å². The van der Waals surface area contributed by atoms with Gasteiger partial charge in [-0.15, -0.1) is 0 Å². The molecule has 2 aromatic carbocycles. The topological polar surface area (TPSA) is 22.1 Å². The van der Waals surface area contributed by atoms with E-state index in [0.717, 1.165) is 29.0 Å². The minimum atomic E-state index is -4.91. The number of pyridine rings is 1. The molecule has 0 N–H and O–H groups in total. The minimum absolute atomic E-state index is 0.130. The Labute approximate surface area is 187 Å². The molecule has 0 spiro atoms. The number of nitrogens with zero attached hydrogens (tertiary/aromatic N) is 1. The van der Waals surface area contributed by atoms with Crippen LogP contribution in [0.15, 0.2) is 66.9 Å². The first-order chi connectivity index (χ1) is 15.5. The fourth-order valence-corrected chi connectivity index (χ4v) is 4.34. The van der Waals surface area contributed by atoms with Crippen molar-refractivity contribution in [3.63, 3.8) is 0 Å². The van der Waals surface area contributed by atoms with E-state index < -0.39 is 35.7 Å². The highest BCUT2D eigenvalue weighted by Gasteiger charge is 2.38. The molecule has 1 aliphatic carbocycles. The van der Waals surface area contributed by atoms with Crippen molar-refractivity contribution in [3.8, 4) is 0 Å². The van der Waals surface area contributed by atoms with Crippen molar-refractivity contribution in [2.24, 2.45) is 0 Å². The van der Waals surface area contributed by atoms with E-state index in [0.29, 0.717) is 12.8 Å². The number of hydrogen-bond acceptors (Lipinski definition) is 2. The standard InChI is InChI=1S/C25H21F6NO/c1-15(17-12-18(24(26,27)28)14-19(13-17)25(29,30)31)33-22-10-9-21-20(8-5-11-32-21)23(22)16-6-3-2-4-7-16/h2-8,11-15,22-23H,9-10H2,1H3/t15?,22-,23-/m0/s1. The number of benzene rings is 2. The predicted octanol–water partition coefficient (Wildman–Crippen LogP) is 7.34. The third-order valence-electron chi connectivity index (χ3n) is 5.91. The average molecular weight is 465 g/mol. The Morgan fingerprint density at radius 3 is 2.12 bits per heavy atom. The largest absolute Gasteiger partial charge is 0.416 e. The maximum absolute atomic E-state index is 13.3. The van der Waals surface area contributed by atoms with E-state index >= 15 is 0 Å². The molecule has 0 saturated carbocycles. The summed E-state index contributed by atoms with van der Waals surface area (Å²) < 4.78 is 85.9. The molecule has 0 bridgehead atoms. The summed E-state index contributed by atoms with van der Waals surface area (Å²) in [5.74, 6) is -0.237. The minimum Gasteiger partial charge on any atom is -0.370 e. The van der Waals surface area contributed by atoms with E-state index in [1.807, 2.05) is 42.5 Å².